The van der Waals surface area contributed by atoms with Gasteiger partial charge in [-0.25, -0.2) is 0 Å². The second-order valence-corrected chi connectivity index (χ2v) is 16.2. The van der Waals surface area contributed by atoms with Crippen molar-refractivity contribution in [2.75, 3.05) is 0 Å². The Kier molecular flexibility index (Phi) is 12.6. The van der Waals surface area contributed by atoms with Gasteiger partial charge in [0.1, 0.15) is 17.1 Å². The quantitative estimate of drug-likeness (QED) is 0.0893. The molecule has 1 radical (unpaired) electrons. The van der Waals surface area contributed by atoms with Crippen LogP contribution in [0.2, 0.25) is 0 Å². The molecule has 0 aliphatic heterocycles. The van der Waals surface area contributed by atoms with Crippen molar-refractivity contribution in [3.63, 3.8) is 0 Å². The Morgan fingerprint density at radius 2 is 1.53 bits per heavy atom. The molecule has 0 saturated carbocycles. The van der Waals surface area contributed by atoms with E-state index in [-0.39, 0.29) is 47.9 Å². The summed E-state index contributed by atoms with van der Waals surface area (Å²) in [6.45, 7) is 20.9. The molecule has 1 N–H and O–H groups in total. The van der Waals surface area contributed by atoms with E-state index in [2.05, 4.69) is 93.6 Å². The number of rotatable bonds is 9. The molecule has 0 aliphatic carbocycles. The fourth-order valence-electron chi connectivity index (χ4n) is 6.31. The van der Waals surface area contributed by atoms with Gasteiger partial charge in [-0.05, 0) is 85.4 Å². The number of aromatic nitrogens is 1. The molecule has 0 aliphatic rings. The summed E-state index contributed by atoms with van der Waals surface area (Å²) >= 11 is 1.80. The van der Waals surface area contributed by atoms with Crippen molar-refractivity contribution in [2.45, 2.75) is 100 Å². The van der Waals surface area contributed by atoms with E-state index in [1.807, 2.05) is 54.7 Å². The summed E-state index contributed by atoms with van der Waals surface area (Å²) in [4.78, 5) is 18.2. The number of pyridine rings is 1. The Balaban J connectivity index is 0.000000279. The number of aryl methyl sites for hydroxylation is 1. The second-order valence-electron chi connectivity index (χ2n) is 15.1. The smallest absolute Gasteiger partial charge is 0.164 e. The van der Waals surface area contributed by atoms with Gasteiger partial charge in [0.2, 0.25) is 0 Å². The molecule has 0 amide bonds. The maximum Gasteiger partial charge on any atom is 0.164 e. The first kappa shape index (κ1) is 40.2. The van der Waals surface area contributed by atoms with Crippen molar-refractivity contribution < 1.29 is 34.4 Å². The molecule has 0 atom stereocenters. The zero-order valence-electron chi connectivity index (χ0n) is 31.8. The molecule has 3 aromatic heterocycles. The van der Waals surface area contributed by atoms with E-state index in [9.17, 15) is 9.90 Å². The van der Waals surface area contributed by atoms with Crippen LogP contribution in [0.4, 0.5) is 0 Å². The predicted octanol–water partition coefficient (Wildman–Crippen LogP) is 13.6. The Morgan fingerprint density at radius 1 is 0.863 bits per heavy atom. The molecule has 6 rings (SSSR count). The Bertz CT molecular complexity index is 2170. The molecule has 6 aromatic rings. The summed E-state index contributed by atoms with van der Waals surface area (Å²) in [7, 11) is 0. The summed E-state index contributed by atoms with van der Waals surface area (Å²) in [5, 5.41) is 14.8. The summed E-state index contributed by atoms with van der Waals surface area (Å²) < 4.78 is 6.99. The molecule has 0 saturated heterocycles. The SMILES string of the molecule is CCC(C)(CC)C(=O)/C=C(\O)C(C)(CC)CC.Cc1cc2cc(-c3cc4c(-c5[c-]c6ccccc6c(C(C)(C)C)c5)nccc4s3)ccc2o1.[Ir]. The largest absolute Gasteiger partial charge is 0.512 e. The first-order chi connectivity index (χ1) is 23.7. The summed E-state index contributed by atoms with van der Waals surface area (Å²) in [6, 6.07) is 27.4. The van der Waals surface area contributed by atoms with E-state index >= 15 is 0 Å². The molecule has 6 heteroatoms. The molecule has 4 nitrogen and oxygen atoms in total. The van der Waals surface area contributed by atoms with Gasteiger partial charge in [-0.1, -0.05) is 91.5 Å². The van der Waals surface area contributed by atoms with Gasteiger partial charge in [0.25, 0.3) is 0 Å². The number of benzene rings is 3. The number of nitrogens with zero attached hydrogens (tertiary/aromatic N) is 1. The van der Waals surface area contributed by atoms with Gasteiger partial charge in [0, 0.05) is 63.9 Å². The number of fused-ring (bicyclic) bond motifs is 3. The predicted molar refractivity (Wildman–Crippen MR) is 213 cm³/mol. The molecule has 3 aromatic carbocycles. The van der Waals surface area contributed by atoms with Crippen LogP contribution in [0.25, 0.3) is 53.5 Å². The molecule has 51 heavy (non-hydrogen) atoms. The van der Waals surface area contributed by atoms with Crippen LogP contribution < -0.4 is 0 Å². The number of aliphatic hydroxyl groups excluding tert-OH is 1. The van der Waals surface area contributed by atoms with E-state index < -0.39 is 0 Å². The van der Waals surface area contributed by atoms with Crippen molar-refractivity contribution in [2.24, 2.45) is 10.8 Å². The molecular formula is C45H52IrNO3S-. The Labute approximate surface area is 321 Å². The molecule has 0 fully saturated rings. The van der Waals surface area contributed by atoms with Crippen LogP contribution in [0.15, 0.2) is 89.2 Å². The van der Waals surface area contributed by atoms with Gasteiger partial charge in [-0.2, -0.15) is 0 Å². The summed E-state index contributed by atoms with van der Waals surface area (Å²) in [5.74, 6) is 1.22. The standard InChI is InChI=1S/C30H24NOS.C15H28O2.Ir/c1-18-13-21-15-20(9-10-26(21)32-18)28-17-24-27(33-28)11-12-31-29(24)22-14-19-7-5-6-8-23(19)25(16-22)30(2,3)4;1-7-14(5,8-2)12(16)11-13(17)15(6,9-3)10-4;/h5-13,15-17H,1-4H3;11,16H,7-10H2,1-6H3;/q-1;;/b;12-11-;. The van der Waals surface area contributed by atoms with Crippen LogP contribution in [0.5, 0.6) is 0 Å². The number of hydrogen-bond acceptors (Lipinski definition) is 5. The maximum absolute atomic E-state index is 12.2. The van der Waals surface area contributed by atoms with Gasteiger partial charge < -0.3 is 9.52 Å². The van der Waals surface area contributed by atoms with Crippen molar-refractivity contribution in [1.29, 1.82) is 0 Å². The van der Waals surface area contributed by atoms with Crippen LogP contribution >= 0.6 is 11.3 Å². The monoisotopic (exact) mass is 879 g/mol. The van der Waals surface area contributed by atoms with Crippen LogP contribution in [0.1, 0.15) is 99.3 Å². The zero-order valence-corrected chi connectivity index (χ0v) is 35.0. The van der Waals surface area contributed by atoms with Crippen molar-refractivity contribution in [3.8, 4) is 21.7 Å². The number of furan rings is 1. The third kappa shape index (κ3) is 8.40. The van der Waals surface area contributed by atoms with Crippen LogP contribution in [-0.4, -0.2) is 15.9 Å². The number of allylic oxidation sites excluding steroid dienone is 2. The van der Waals surface area contributed by atoms with Gasteiger partial charge >= 0.3 is 0 Å². The topological polar surface area (TPSA) is 63.3 Å². The maximum atomic E-state index is 12.2. The van der Waals surface area contributed by atoms with Crippen LogP contribution in [0.3, 0.4) is 0 Å². The molecule has 0 unspecified atom stereocenters. The minimum atomic E-state index is -0.337. The van der Waals surface area contributed by atoms with Crippen molar-refractivity contribution in [3.05, 3.63) is 102 Å². The zero-order chi connectivity index (χ0) is 36.4. The molecular weight excluding hydrogens is 827 g/mol. The fraction of sp³-hybridized carbons (Fsp3) is 0.378. The van der Waals surface area contributed by atoms with Gasteiger partial charge in [-0.15, -0.1) is 40.5 Å². The first-order valence-electron chi connectivity index (χ1n) is 18.0. The minimum Gasteiger partial charge on any atom is -0.512 e. The van der Waals surface area contributed by atoms with Gasteiger partial charge in [0.15, 0.2) is 5.78 Å². The second kappa shape index (κ2) is 16.0. The third-order valence-electron chi connectivity index (χ3n) is 10.8. The van der Waals surface area contributed by atoms with E-state index in [4.69, 9.17) is 9.40 Å². The number of carbonyl (C=O) groups excluding carboxylic acids is 1. The van der Waals surface area contributed by atoms with Crippen LogP contribution in [-0.2, 0) is 30.3 Å². The van der Waals surface area contributed by atoms with Crippen molar-refractivity contribution >= 4 is 48.9 Å². The third-order valence-corrected chi connectivity index (χ3v) is 12.0. The van der Waals surface area contributed by atoms with Gasteiger partial charge in [0.05, 0.1) is 0 Å². The van der Waals surface area contributed by atoms with E-state index in [1.54, 1.807) is 11.3 Å². The van der Waals surface area contributed by atoms with Crippen LogP contribution in [0, 0.1) is 23.8 Å². The fourth-order valence-corrected chi connectivity index (χ4v) is 7.36. The first-order valence-corrected chi connectivity index (χ1v) is 18.8. The molecule has 271 valence electrons. The number of ketones is 1. The molecule has 3 heterocycles. The summed E-state index contributed by atoms with van der Waals surface area (Å²) in [6.07, 6.45) is 6.67. The minimum absolute atomic E-state index is 0. The number of aliphatic hydroxyl groups is 1. The average molecular weight is 879 g/mol. The molecule has 0 bridgehead atoms. The number of hydrogen-bond donors (Lipinski definition) is 1. The van der Waals surface area contributed by atoms with Gasteiger partial charge in [-0.3, -0.25) is 9.78 Å². The summed E-state index contributed by atoms with van der Waals surface area (Å²) in [5.41, 5.74) is 4.92. The molecule has 0 spiro atoms. The van der Waals surface area contributed by atoms with E-state index in [0.717, 1.165) is 59.1 Å². The van der Waals surface area contributed by atoms with E-state index in [0.29, 0.717) is 0 Å². The number of thiophene rings is 1. The number of carbonyl (C=O) groups is 1. The average Bonchev–Trinajstić information content (AvgIpc) is 3.72. The van der Waals surface area contributed by atoms with Crippen molar-refractivity contribution in [1.82, 2.24) is 4.98 Å². The Hall–Kier alpha value is -3.57. The van der Waals surface area contributed by atoms with E-state index in [1.165, 1.54) is 37.6 Å². The normalized spacial score (nSPS) is 12.5. The Morgan fingerprint density at radius 3 is 2.18 bits per heavy atom.